The summed E-state index contributed by atoms with van der Waals surface area (Å²) in [5, 5.41) is 32.5. The van der Waals surface area contributed by atoms with Crippen LogP contribution in [0.15, 0.2) is 30.5 Å². The van der Waals surface area contributed by atoms with Crippen molar-refractivity contribution in [1.29, 1.82) is 5.26 Å². The number of nitrogens with one attached hydrogen (secondary N) is 3. The van der Waals surface area contributed by atoms with E-state index in [1.54, 1.807) is 38.5 Å². The maximum Gasteiger partial charge on any atom is 0.271 e. The summed E-state index contributed by atoms with van der Waals surface area (Å²) in [6, 6.07) is 9.31. The zero-order valence-corrected chi connectivity index (χ0v) is 17.4. The smallest absolute Gasteiger partial charge is 0.271 e. The third-order valence-corrected chi connectivity index (χ3v) is 5.44. The molecule has 1 aromatic carbocycles. The fraction of sp³-hybridized carbons (Fsp3) is 0.286. The molecule has 31 heavy (non-hydrogen) atoms. The maximum atomic E-state index is 11.8. The van der Waals surface area contributed by atoms with Crippen LogP contribution < -0.4 is 16.0 Å². The molecule has 1 amide bonds. The Kier molecular flexibility index (Phi) is 5.04. The number of carbonyl (C=O) groups excluding carboxylic acids is 1. The third kappa shape index (κ3) is 3.55. The van der Waals surface area contributed by atoms with Crippen LogP contribution in [0.25, 0.3) is 11.3 Å². The number of carbonyl (C=O) groups is 1. The summed E-state index contributed by atoms with van der Waals surface area (Å²) in [5.74, 6) is 0.589. The number of hydrogen-bond donors (Lipinski definition) is 4. The molecule has 10 nitrogen and oxygen atoms in total. The van der Waals surface area contributed by atoms with E-state index >= 15 is 0 Å². The molecule has 3 aromatic rings. The van der Waals surface area contributed by atoms with Crippen molar-refractivity contribution in [2.45, 2.75) is 12.3 Å². The largest absolute Gasteiger partial charge is 0.395 e. The first-order chi connectivity index (χ1) is 14.9. The first-order valence-corrected chi connectivity index (χ1v) is 9.68. The minimum Gasteiger partial charge on any atom is -0.395 e. The van der Waals surface area contributed by atoms with E-state index in [1.165, 1.54) is 4.68 Å². The molecule has 1 aliphatic rings. The normalized spacial score (nSPS) is 16.9. The average Bonchev–Trinajstić information content (AvgIpc) is 3.33. The number of anilines is 3. The highest BCUT2D eigenvalue weighted by Gasteiger charge is 2.36. The van der Waals surface area contributed by atoms with Crippen LogP contribution >= 0.6 is 0 Å². The van der Waals surface area contributed by atoms with Gasteiger partial charge in [-0.2, -0.15) is 10.4 Å². The summed E-state index contributed by atoms with van der Waals surface area (Å²) >= 11 is 0. The van der Waals surface area contributed by atoms with Crippen LogP contribution in [0.2, 0.25) is 0 Å². The van der Waals surface area contributed by atoms with Crippen molar-refractivity contribution in [1.82, 2.24) is 25.1 Å². The number of aliphatic hydroxyl groups excluding tert-OH is 1. The second-order valence-corrected chi connectivity index (χ2v) is 7.64. The van der Waals surface area contributed by atoms with Crippen LogP contribution in [0.1, 0.15) is 28.5 Å². The minimum atomic E-state index is -0.476. The summed E-state index contributed by atoms with van der Waals surface area (Å²) in [4.78, 5) is 20.6. The van der Waals surface area contributed by atoms with Crippen molar-refractivity contribution in [3.63, 3.8) is 0 Å². The summed E-state index contributed by atoms with van der Waals surface area (Å²) in [7, 11) is 3.25. The van der Waals surface area contributed by atoms with Gasteiger partial charge in [0.15, 0.2) is 5.69 Å². The number of aryl methyl sites for hydroxylation is 1. The van der Waals surface area contributed by atoms with Crippen molar-refractivity contribution in [3.05, 3.63) is 47.3 Å². The van der Waals surface area contributed by atoms with Gasteiger partial charge in [-0.25, -0.2) is 9.97 Å². The maximum absolute atomic E-state index is 11.8. The predicted octanol–water partition coefficient (Wildman–Crippen LogP) is 1.53. The summed E-state index contributed by atoms with van der Waals surface area (Å²) < 4.78 is 1.53. The Morgan fingerprint density at radius 3 is 2.94 bits per heavy atom. The van der Waals surface area contributed by atoms with E-state index in [0.717, 1.165) is 16.8 Å². The molecule has 4 rings (SSSR count). The molecule has 0 spiro atoms. The summed E-state index contributed by atoms with van der Waals surface area (Å²) in [6.45, 7) is 2.48. The van der Waals surface area contributed by atoms with Crippen molar-refractivity contribution >= 4 is 23.4 Å². The molecule has 158 valence electrons. The van der Waals surface area contributed by atoms with Gasteiger partial charge in [-0.05, 0) is 23.8 Å². The van der Waals surface area contributed by atoms with Crippen molar-refractivity contribution in [2.24, 2.45) is 7.05 Å². The number of hydrogen-bond acceptors (Lipinski definition) is 8. The number of nitriles is 1. The average molecular weight is 418 g/mol. The van der Waals surface area contributed by atoms with Crippen molar-refractivity contribution < 1.29 is 9.90 Å². The van der Waals surface area contributed by atoms with Crippen LogP contribution in [-0.2, 0) is 12.5 Å². The van der Waals surface area contributed by atoms with Gasteiger partial charge in [0.25, 0.3) is 5.91 Å². The van der Waals surface area contributed by atoms with Gasteiger partial charge in [-0.1, -0.05) is 6.92 Å². The molecule has 1 unspecified atom stereocenters. The minimum absolute atomic E-state index is 0.0357. The van der Waals surface area contributed by atoms with E-state index in [-0.39, 0.29) is 18.2 Å². The van der Waals surface area contributed by atoms with Crippen LogP contribution in [0.3, 0.4) is 0 Å². The number of nitrogens with zero attached hydrogens (tertiary/aromatic N) is 5. The van der Waals surface area contributed by atoms with Crippen LogP contribution in [0.5, 0.6) is 0 Å². The number of amides is 1. The molecule has 0 saturated carbocycles. The lowest BCUT2D eigenvalue weighted by molar-refractivity contribution is 0.0957. The quantitative estimate of drug-likeness (QED) is 0.489. The first-order valence-electron chi connectivity index (χ1n) is 9.68. The van der Waals surface area contributed by atoms with Gasteiger partial charge in [-0.15, -0.1) is 0 Å². The van der Waals surface area contributed by atoms with E-state index in [2.05, 4.69) is 37.1 Å². The molecule has 0 radical (unpaired) electrons. The second-order valence-electron chi connectivity index (χ2n) is 7.64. The SMILES string of the molecule is CNC(=O)c1cc(Nc2nccc(-c3cc(C#N)c4c(c3)C(C)(CO)CN4)n2)n(C)n1. The Morgan fingerprint density at radius 1 is 1.42 bits per heavy atom. The molecular weight excluding hydrogens is 396 g/mol. The van der Waals surface area contributed by atoms with Crippen LogP contribution in [0, 0.1) is 11.3 Å². The lowest BCUT2D eigenvalue weighted by atomic mass is 9.83. The van der Waals surface area contributed by atoms with Gasteiger partial charge >= 0.3 is 0 Å². The van der Waals surface area contributed by atoms with E-state index < -0.39 is 5.41 Å². The van der Waals surface area contributed by atoms with Crippen molar-refractivity contribution in [3.8, 4) is 17.3 Å². The van der Waals surface area contributed by atoms with Crippen molar-refractivity contribution in [2.75, 3.05) is 30.8 Å². The highest BCUT2D eigenvalue weighted by Crippen LogP contribution is 2.41. The second kappa shape index (κ2) is 7.70. The number of aromatic nitrogens is 4. The topological polar surface area (TPSA) is 141 Å². The molecule has 0 aliphatic carbocycles. The fourth-order valence-electron chi connectivity index (χ4n) is 3.58. The van der Waals surface area contributed by atoms with Crippen LogP contribution in [-0.4, -0.2) is 51.0 Å². The molecule has 0 bridgehead atoms. The monoisotopic (exact) mass is 418 g/mol. The molecule has 1 atom stereocenters. The predicted molar refractivity (Wildman–Crippen MR) is 115 cm³/mol. The van der Waals surface area contributed by atoms with E-state index in [1.807, 2.05) is 13.0 Å². The number of rotatable bonds is 5. The molecule has 0 fully saturated rings. The number of fused-ring (bicyclic) bond motifs is 1. The third-order valence-electron chi connectivity index (χ3n) is 5.44. The Bertz CT molecular complexity index is 1210. The summed E-state index contributed by atoms with van der Waals surface area (Å²) in [5.41, 5.74) is 3.32. The Morgan fingerprint density at radius 2 is 2.23 bits per heavy atom. The highest BCUT2D eigenvalue weighted by atomic mass is 16.3. The van der Waals surface area contributed by atoms with Gasteiger partial charge in [0.2, 0.25) is 5.95 Å². The van der Waals surface area contributed by atoms with E-state index in [9.17, 15) is 15.2 Å². The van der Waals surface area contributed by atoms with Crippen LogP contribution in [0.4, 0.5) is 17.5 Å². The van der Waals surface area contributed by atoms with E-state index in [0.29, 0.717) is 29.6 Å². The van der Waals surface area contributed by atoms with Gasteiger partial charge in [0, 0.05) is 43.9 Å². The summed E-state index contributed by atoms with van der Waals surface area (Å²) in [6.07, 6.45) is 1.61. The molecule has 0 saturated heterocycles. The Balaban J connectivity index is 1.70. The van der Waals surface area contributed by atoms with Gasteiger partial charge in [0.1, 0.15) is 11.9 Å². The molecule has 10 heteroatoms. The van der Waals surface area contributed by atoms with Gasteiger partial charge in [-0.3, -0.25) is 9.48 Å². The standard InChI is InChI=1S/C21H22N8O2/c1-21(11-30)10-25-18-13(9-22)6-12(7-14(18)21)15-4-5-24-20(26-15)27-17-8-16(19(31)23-2)28-29(17)3/h4-8,25,30H,10-11H2,1-3H3,(H,23,31)(H,24,26,27). The molecular formula is C21H22N8O2. The first kappa shape index (κ1) is 20.3. The zero-order valence-electron chi connectivity index (χ0n) is 17.4. The van der Waals surface area contributed by atoms with Gasteiger partial charge in [0.05, 0.1) is 23.6 Å². The lowest BCUT2D eigenvalue weighted by Gasteiger charge is -2.21. The van der Waals surface area contributed by atoms with E-state index in [4.69, 9.17) is 0 Å². The fourth-order valence-corrected chi connectivity index (χ4v) is 3.58. The Hall–Kier alpha value is -3.97. The zero-order chi connectivity index (χ0) is 22.2. The molecule has 2 aromatic heterocycles. The number of aliphatic hydroxyl groups is 1. The highest BCUT2D eigenvalue weighted by molar-refractivity contribution is 5.93. The number of benzene rings is 1. The molecule has 4 N–H and O–H groups in total. The van der Waals surface area contributed by atoms with Gasteiger partial charge < -0.3 is 21.1 Å². The Labute approximate surface area is 179 Å². The molecule has 1 aliphatic heterocycles. The lowest BCUT2D eigenvalue weighted by Crippen LogP contribution is -2.28. The molecule has 3 heterocycles.